The van der Waals surface area contributed by atoms with Crippen LogP contribution < -0.4 is 36.1 Å². The lowest BCUT2D eigenvalue weighted by atomic mass is 10.1. The summed E-state index contributed by atoms with van der Waals surface area (Å²) in [5, 5.41) is 20.9. The first kappa shape index (κ1) is 45.1. The van der Waals surface area contributed by atoms with Gasteiger partial charge in [-0.2, -0.15) is 0 Å². The number of nitrogens with zero attached hydrogens (tertiary/aromatic N) is 4. The van der Waals surface area contributed by atoms with Crippen LogP contribution in [0.2, 0.25) is 0 Å². The molecule has 0 aliphatic carbocycles. The van der Waals surface area contributed by atoms with E-state index in [1.807, 2.05) is 6.07 Å². The molecule has 2 aromatic heterocycles. The largest absolute Gasteiger partial charge is 0.493 e. The Bertz CT molecular complexity index is 2610. The molecular weight excluding hydrogens is 845 g/mol. The second-order valence-corrected chi connectivity index (χ2v) is 16.9. The predicted octanol–water partition coefficient (Wildman–Crippen LogP) is 5.37. The Hall–Kier alpha value is -6.96. The quantitative estimate of drug-likeness (QED) is 0.0892. The van der Waals surface area contributed by atoms with Crippen LogP contribution in [0.25, 0.3) is 10.1 Å². The van der Waals surface area contributed by atoms with Gasteiger partial charge in [0, 0.05) is 62.4 Å². The zero-order valence-electron chi connectivity index (χ0n) is 36.0. The summed E-state index contributed by atoms with van der Waals surface area (Å²) in [5.74, 6) is -0.750. The number of benzene rings is 3. The minimum atomic E-state index is -1.43. The van der Waals surface area contributed by atoms with Gasteiger partial charge in [-0.1, -0.05) is 12.1 Å². The maximum atomic E-state index is 13.9. The summed E-state index contributed by atoms with van der Waals surface area (Å²) < 4.78 is 19.9. The van der Waals surface area contributed by atoms with Gasteiger partial charge >= 0.3 is 6.09 Å². The molecule has 336 valence electrons. The molecule has 5 aromatic rings. The van der Waals surface area contributed by atoms with E-state index in [1.54, 1.807) is 92.3 Å². The van der Waals surface area contributed by atoms with Crippen molar-refractivity contribution in [3.8, 4) is 11.5 Å². The highest BCUT2D eigenvalue weighted by Gasteiger charge is 2.45. The third-order valence-electron chi connectivity index (χ3n) is 10.9. The number of methoxy groups -OCH3 is 1. The maximum Gasteiger partial charge on any atom is 0.416 e. The summed E-state index contributed by atoms with van der Waals surface area (Å²) >= 11 is 1.38. The highest BCUT2D eigenvalue weighted by Crippen LogP contribution is 2.41. The fraction of sp³-hybridized carbons (Fsp3) is 0.333. The van der Waals surface area contributed by atoms with Crippen LogP contribution in [0.3, 0.4) is 0 Å². The molecule has 3 aromatic carbocycles. The van der Waals surface area contributed by atoms with Crippen LogP contribution >= 0.6 is 11.3 Å². The summed E-state index contributed by atoms with van der Waals surface area (Å²) in [6.45, 7) is 1.83. The Morgan fingerprint density at radius 3 is 2.44 bits per heavy atom. The highest BCUT2D eigenvalue weighted by atomic mass is 32.1. The zero-order chi connectivity index (χ0) is 45.8. The van der Waals surface area contributed by atoms with E-state index in [-0.39, 0.29) is 78.3 Å². The number of thiophene rings is 1. The molecule has 1 saturated heterocycles. The molecule has 1 fully saturated rings. The van der Waals surface area contributed by atoms with Gasteiger partial charge in [0.15, 0.2) is 17.7 Å². The van der Waals surface area contributed by atoms with Crippen LogP contribution in [-0.2, 0) is 28.0 Å². The van der Waals surface area contributed by atoms with Crippen molar-refractivity contribution in [2.45, 2.75) is 57.5 Å². The van der Waals surface area contributed by atoms with Crippen LogP contribution in [0, 0.1) is 0 Å². The lowest BCUT2D eigenvalue weighted by Gasteiger charge is -2.31. The zero-order valence-corrected chi connectivity index (χ0v) is 36.8. The number of aromatic nitrogens is 1. The number of amides is 6. The number of anilines is 4. The van der Waals surface area contributed by atoms with Crippen LogP contribution in [0.1, 0.15) is 68.6 Å². The molecule has 2 aliphatic rings. The van der Waals surface area contributed by atoms with Gasteiger partial charge in [-0.15, -0.1) is 11.3 Å². The topological polar surface area (TPSA) is 227 Å². The van der Waals surface area contributed by atoms with E-state index in [1.165, 1.54) is 35.5 Å². The predicted molar refractivity (Wildman–Crippen MR) is 241 cm³/mol. The third kappa shape index (κ3) is 9.80. The number of aryl methyl sites for hydroxylation is 1. The van der Waals surface area contributed by atoms with E-state index in [9.17, 15) is 33.9 Å². The van der Waals surface area contributed by atoms with Gasteiger partial charge < -0.3 is 55.4 Å². The van der Waals surface area contributed by atoms with Crippen molar-refractivity contribution in [1.29, 1.82) is 0 Å². The number of carbonyl (C=O) groups is 6. The molecular formula is C45H50N8O10S. The standard InChI is InChI=1S/C45H50N8O10S/c1-25(46)40(55)47-29-12-10-26(11-13-29)24-63-45(60)53-33-22-35(34(61-5)21-31(33)42(57)52-16-6-8-32(52)43(53)58)62-17-7-9-39(54)49-38-20-28(23-51(38)4)41(56)48-30-14-15-36-27(18-30)19-37(64-36)44(59)50(2)3/h10-15,18-23,25,32,43,58H,6-9,16-17,24,46H2,1-5H3,(H,47,55)(H,48,56)(H,49,54). The number of nitrogens with two attached hydrogens (primary N) is 1. The Morgan fingerprint density at radius 2 is 1.72 bits per heavy atom. The first-order valence-corrected chi connectivity index (χ1v) is 21.4. The van der Waals surface area contributed by atoms with Crippen molar-refractivity contribution in [2.24, 2.45) is 12.8 Å². The number of ether oxygens (including phenoxy) is 3. The molecule has 0 radical (unpaired) electrons. The second kappa shape index (κ2) is 19.2. The molecule has 0 saturated carbocycles. The molecule has 6 amide bonds. The third-order valence-corrected chi connectivity index (χ3v) is 12.0. The van der Waals surface area contributed by atoms with Crippen LogP contribution in [0.5, 0.6) is 11.5 Å². The van der Waals surface area contributed by atoms with E-state index in [2.05, 4.69) is 16.0 Å². The maximum absolute atomic E-state index is 13.9. The van der Waals surface area contributed by atoms with Crippen molar-refractivity contribution in [1.82, 2.24) is 14.4 Å². The fourth-order valence-electron chi connectivity index (χ4n) is 7.46. The Balaban J connectivity index is 0.978. The first-order chi connectivity index (χ1) is 30.6. The molecule has 18 nitrogen and oxygen atoms in total. The van der Waals surface area contributed by atoms with Gasteiger partial charge in [-0.05, 0) is 85.7 Å². The van der Waals surface area contributed by atoms with Crippen LogP contribution in [0.15, 0.2) is 72.9 Å². The number of aliphatic hydroxyl groups excluding tert-OH is 1. The Morgan fingerprint density at radius 1 is 0.969 bits per heavy atom. The number of fused-ring (bicyclic) bond motifs is 3. The lowest BCUT2D eigenvalue weighted by molar-refractivity contribution is -0.117. The summed E-state index contributed by atoms with van der Waals surface area (Å²) in [6.07, 6.45) is 0.681. The van der Waals surface area contributed by atoms with Gasteiger partial charge in [0.2, 0.25) is 11.8 Å². The van der Waals surface area contributed by atoms with Crippen molar-refractivity contribution < 1.29 is 48.1 Å². The van der Waals surface area contributed by atoms with Crippen LogP contribution in [0.4, 0.5) is 27.7 Å². The number of carbonyl (C=O) groups excluding carboxylic acids is 6. The van der Waals surface area contributed by atoms with Crippen molar-refractivity contribution >= 4 is 79.9 Å². The summed E-state index contributed by atoms with van der Waals surface area (Å²) in [4.78, 5) is 83.1. The van der Waals surface area contributed by atoms with Gasteiger partial charge in [0.25, 0.3) is 17.7 Å². The Labute approximate surface area is 372 Å². The van der Waals surface area contributed by atoms with Gasteiger partial charge in [-0.3, -0.25) is 24.0 Å². The minimum Gasteiger partial charge on any atom is -0.493 e. The lowest BCUT2D eigenvalue weighted by Crippen LogP contribution is -2.50. The summed E-state index contributed by atoms with van der Waals surface area (Å²) in [6, 6.07) is 17.0. The van der Waals surface area contributed by atoms with E-state index in [0.717, 1.165) is 15.0 Å². The number of aliphatic hydroxyl groups is 1. The smallest absolute Gasteiger partial charge is 0.416 e. The minimum absolute atomic E-state index is 0.0406. The molecule has 3 unspecified atom stereocenters. The average Bonchev–Trinajstić information content (AvgIpc) is 4.02. The number of hydrogen-bond acceptors (Lipinski definition) is 12. The van der Waals surface area contributed by atoms with Gasteiger partial charge in [0.1, 0.15) is 12.4 Å². The van der Waals surface area contributed by atoms with Crippen molar-refractivity contribution in [2.75, 3.05) is 55.2 Å². The SMILES string of the molecule is COc1cc2c(cc1OCCCC(=O)Nc1cc(C(=O)Nc3ccc4sc(C(=O)N(C)C)cc4c3)cn1C)N(C(=O)OCc1ccc(NC(=O)C(C)N)cc1)C(O)C1CCCN1C2=O. The van der Waals surface area contributed by atoms with E-state index in [4.69, 9.17) is 19.9 Å². The Kier molecular flexibility index (Phi) is 13.5. The molecule has 7 rings (SSSR count). The molecule has 3 atom stereocenters. The highest BCUT2D eigenvalue weighted by molar-refractivity contribution is 7.20. The number of nitrogens with one attached hydrogen (secondary N) is 3. The molecule has 6 N–H and O–H groups in total. The van der Waals surface area contributed by atoms with Gasteiger partial charge in [0.05, 0.1) is 47.5 Å². The molecule has 0 spiro atoms. The summed E-state index contributed by atoms with van der Waals surface area (Å²) in [7, 11) is 6.51. The normalized spacial score (nSPS) is 16.0. The molecule has 2 aliphatic heterocycles. The number of rotatable bonds is 14. The van der Waals surface area contributed by atoms with Crippen molar-refractivity contribution in [3.63, 3.8) is 0 Å². The van der Waals surface area contributed by atoms with E-state index in [0.29, 0.717) is 52.6 Å². The number of hydrogen-bond donors (Lipinski definition) is 5. The van der Waals surface area contributed by atoms with Crippen LogP contribution in [-0.4, -0.2) is 108 Å². The first-order valence-electron chi connectivity index (χ1n) is 20.6. The van der Waals surface area contributed by atoms with Crippen molar-refractivity contribution in [3.05, 3.63) is 94.5 Å². The molecule has 19 heteroatoms. The van der Waals surface area contributed by atoms with Gasteiger partial charge in [-0.25, -0.2) is 9.69 Å². The molecule has 4 heterocycles. The second-order valence-electron chi connectivity index (χ2n) is 15.8. The van der Waals surface area contributed by atoms with E-state index < -0.39 is 24.4 Å². The monoisotopic (exact) mass is 894 g/mol. The molecule has 64 heavy (non-hydrogen) atoms. The van der Waals surface area contributed by atoms with E-state index >= 15 is 0 Å². The fourth-order valence-corrected chi connectivity index (χ4v) is 8.53. The average molecular weight is 895 g/mol. The summed E-state index contributed by atoms with van der Waals surface area (Å²) in [5.41, 5.74) is 7.82. The molecule has 0 bridgehead atoms.